The Balaban J connectivity index is 1.01. The van der Waals surface area contributed by atoms with E-state index in [9.17, 15) is 0 Å². The molecule has 0 spiro atoms. The van der Waals surface area contributed by atoms with Crippen molar-refractivity contribution >= 4 is 0 Å². The standard InChI is InChI=1S/C30H36/c1-2-13-14(3-1)16-7-15(13)25-19-9-20(26(16)25)30-22-10-21(29(19)30)27-17-8-18(28(22)27)24-12-5-4-11(6-12)23(17)24/h1-2,4-5,11-30H,3,6-10H2. The number of hydrogen-bond donors (Lipinski definition) is 0. The van der Waals surface area contributed by atoms with Crippen LogP contribution in [0.2, 0.25) is 0 Å². The molecule has 11 rings (SSSR count). The molecule has 20 atom stereocenters. The van der Waals surface area contributed by atoms with Gasteiger partial charge in [0, 0.05) is 0 Å². The number of allylic oxidation sites excluding steroid dienone is 4. The summed E-state index contributed by atoms with van der Waals surface area (Å²) in [7, 11) is 0. The van der Waals surface area contributed by atoms with Crippen LogP contribution in [0, 0.1) is 118 Å². The molecule has 0 N–H and O–H groups in total. The fourth-order valence-corrected chi connectivity index (χ4v) is 15.9. The molecule has 0 radical (unpaired) electrons. The van der Waals surface area contributed by atoms with E-state index in [0.29, 0.717) is 0 Å². The van der Waals surface area contributed by atoms with Crippen molar-refractivity contribution in [3.63, 3.8) is 0 Å². The van der Waals surface area contributed by atoms with Crippen molar-refractivity contribution in [2.45, 2.75) is 38.5 Å². The van der Waals surface area contributed by atoms with Gasteiger partial charge in [0.25, 0.3) is 0 Å². The molecular formula is C30H36. The predicted molar refractivity (Wildman–Crippen MR) is 116 cm³/mol. The van der Waals surface area contributed by atoms with Crippen LogP contribution in [0.5, 0.6) is 0 Å². The highest BCUT2D eigenvalue weighted by Gasteiger charge is 2.79. The van der Waals surface area contributed by atoms with Crippen LogP contribution in [0.15, 0.2) is 24.3 Å². The lowest BCUT2D eigenvalue weighted by Crippen LogP contribution is -2.50. The van der Waals surface area contributed by atoms with E-state index in [1.165, 1.54) is 77.4 Å². The van der Waals surface area contributed by atoms with Gasteiger partial charge >= 0.3 is 0 Å². The van der Waals surface area contributed by atoms with Crippen molar-refractivity contribution in [3.8, 4) is 0 Å². The Morgan fingerprint density at radius 3 is 1.43 bits per heavy atom. The Labute approximate surface area is 181 Å². The summed E-state index contributed by atoms with van der Waals surface area (Å²) in [4.78, 5) is 0. The molecule has 0 nitrogen and oxygen atoms in total. The number of rotatable bonds is 0. The van der Waals surface area contributed by atoms with Gasteiger partial charge in [-0.15, -0.1) is 0 Å². The molecule has 0 aromatic carbocycles. The molecular weight excluding hydrogens is 360 g/mol. The highest BCUT2D eigenvalue weighted by atomic mass is 14.8. The molecule has 11 aliphatic rings. The molecule has 0 saturated heterocycles. The van der Waals surface area contributed by atoms with E-state index < -0.39 is 0 Å². The molecule has 9 fully saturated rings. The van der Waals surface area contributed by atoms with Gasteiger partial charge in [-0.2, -0.15) is 0 Å². The summed E-state index contributed by atoms with van der Waals surface area (Å²) in [6, 6.07) is 0. The highest BCUT2D eigenvalue weighted by molar-refractivity contribution is 5.30. The monoisotopic (exact) mass is 396 g/mol. The van der Waals surface area contributed by atoms with Crippen LogP contribution < -0.4 is 0 Å². The minimum absolute atomic E-state index is 1.02. The predicted octanol–water partition coefficient (Wildman–Crippen LogP) is 5.91. The quantitative estimate of drug-likeness (QED) is 0.352. The zero-order valence-corrected chi connectivity index (χ0v) is 18.1. The van der Waals surface area contributed by atoms with E-state index in [0.717, 1.165) is 47.3 Å². The number of fused-ring (bicyclic) bond motifs is 33. The fourth-order valence-electron chi connectivity index (χ4n) is 15.9. The summed E-state index contributed by atoms with van der Waals surface area (Å²) >= 11 is 0. The summed E-state index contributed by atoms with van der Waals surface area (Å²) in [5.41, 5.74) is 0. The smallest absolute Gasteiger partial charge is 0.0168 e. The Kier molecular flexibility index (Phi) is 2.28. The second-order valence-electron chi connectivity index (χ2n) is 14.7. The first-order valence-electron chi connectivity index (χ1n) is 14.2. The van der Waals surface area contributed by atoms with Gasteiger partial charge in [-0.1, -0.05) is 24.3 Å². The lowest BCUT2D eigenvalue weighted by atomic mass is 9.51. The van der Waals surface area contributed by atoms with Gasteiger partial charge < -0.3 is 0 Å². The summed E-state index contributed by atoms with van der Waals surface area (Å²) in [6.45, 7) is 0. The molecule has 10 bridgehead atoms. The largest absolute Gasteiger partial charge is 0.0879 e. The van der Waals surface area contributed by atoms with E-state index in [4.69, 9.17) is 0 Å². The van der Waals surface area contributed by atoms with E-state index >= 15 is 0 Å². The molecule has 20 unspecified atom stereocenters. The normalized spacial score (nSPS) is 78.9. The van der Waals surface area contributed by atoms with Crippen molar-refractivity contribution in [1.29, 1.82) is 0 Å². The van der Waals surface area contributed by atoms with E-state index in [1.54, 1.807) is 32.1 Å². The van der Waals surface area contributed by atoms with Gasteiger partial charge in [0.05, 0.1) is 0 Å². The van der Waals surface area contributed by atoms with Gasteiger partial charge in [-0.3, -0.25) is 0 Å². The third kappa shape index (κ3) is 1.28. The Hall–Kier alpha value is -0.520. The second-order valence-corrected chi connectivity index (χ2v) is 14.7. The van der Waals surface area contributed by atoms with Gasteiger partial charge in [0.2, 0.25) is 0 Å². The SMILES string of the molecule is C1=CC2C(C1)C1CC2C2C3CC(C12)C1C2CC(C4C5CC(C6C7C=CC(C7)C56)C24)C31. The Morgan fingerprint density at radius 2 is 0.833 bits per heavy atom. The van der Waals surface area contributed by atoms with Crippen LogP contribution in [0.25, 0.3) is 0 Å². The fraction of sp³-hybridized carbons (Fsp3) is 0.867. The van der Waals surface area contributed by atoms with Crippen LogP contribution in [0.1, 0.15) is 38.5 Å². The lowest BCUT2D eigenvalue weighted by Gasteiger charge is -2.53. The maximum Gasteiger partial charge on any atom is -0.0168 e. The minimum Gasteiger partial charge on any atom is -0.0879 e. The Morgan fingerprint density at radius 1 is 0.367 bits per heavy atom. The van der Waals surface area contributed by atoms with Gasteiger partial charge in [0.1, 0.15) is 0 Å². The van der Waals surface area contributed by atoms with Crippen molar-refractivity contribution in [2.75, 3.05) is 0 Å². The second kappa shape index (κ2) is 4.46. The first kappa shape index (κ1) is 15.3. The van der Waals surface area contributed by atoms with Crippen LogP contribution in [0.4, 0.5) is 0 Å². The maximum absolute atomic E-state index is 2.70. The average Bonchev–Trinajstić information content (AvgIpc) is 3.63. The lowest BCUT2D eigenvalue weighted by molar-refractivity contribution is -0.0623. The first-order chi connectivity index (χ1) is 14.9. The molecule has 0 aliphatic heterocycles. The van der Waals surface area contributed by atoms with Gasteiger partial charge in [0.15, 0.2) is 0 Å². The van der Waals surface area contributed by atoms with E-state index in [-0.39, 0.29) is 0 Å². The summed E-state index contributed by atoms with van der Waals surface area (Å²) in [6.07, 6.45) is 20.5. The van der Waals surface area contributed by atoms with Crippen molar-refractivity contribution in [2.24, 2.45) is 118 Å². The Bertz CT molecular complexity index is 942. The molecule has 9 saturated carbocycles. The zero-order valence-electron chi connectivity index (χ0n) is 18.1. The van der Waals surface area contributed by atoms with Crippen molar-refractivity contribution < 1.29 is 0 Å². The molecule has 156 valence electrons. The maximum atomic E-state index is 2.70. The summed E-state index contributed by atoms with van der Waals surface area (Å²) in [5.74, 6) is 23.2. The topological polar surface area (TPSA) is 0 Å². The third-order valence-corrected chi connectivity index (χ3v) is 15.3. The van der Waals surface area contributed by atoms with Crippen molar-refractivity contribution in [3.05, 3.63) is 24.3 Å². The van der Waals surface area contributed by atoms with Crippen LogP contribution in [-0.2, 0) is 0 Å². The third-order valence-electron chi connectivity index (χ3n) is 15.3. The average molecular weight is 397 g/mol. The molecule has 0 aromatic heterocycles. The molecule has 0 heterocycles. The van der Waals surface area contributed by atoms with Gasteiger partial charge in [-0.25, -0.2) is 0 Å². The summed E-state index contributed by atoms with van der Waals surface area (Å²) < 4.78 is 0. The minimum atomic E-state index is 1.02. The van der Waals surface area contributed by atoms with Crippen LogP contribution >= 0.6 is 0 Å². The van der Waals surface area contributed by atoms with Crippen LogP contribution in [0.3, 0.4) is 0 Å². The molecule has 0 amide bonds. The van der Waals surface area contributed by atoms with Crippen molar-refractivity contribution in [1.82, 2.24) is 0 Å². The molecule has 30 heavy (non-hydrogen) atoms. The molecule has 0 aromatic rings. The number of hydrogen-bond acceptors (Lipinski definition) is 0. The van der Waals surface area contributed by atoms with E-state index in [1.807, 2.05) is 0 Å². The molecule has 11 aliphatic carbocycles. The zero-order chi connectivity index (χ0) is 18.6. The summed E-state index contributed by atoms with van der Waals surface area (Å²) in [5, 5.41) is 0. The first-order valence-corrected chi connectivity index (χ1v) is 14.2. The van der Waals surface area contributed by atoms with E-state index in [2.05, 4.69) is 24.3 Å². The molecule has 0 heteroatoms. The van der Waals surface area contributed by atoms with Gasteiger partial charge in [-0.05, 0) is 157 Å². The highest BCUT2D eigenvalue weighted by Crippen LogP contribution is 2.84. The van der Waals surface area contributed by atoms with Crippen LogP contribution in [-0.4, -0.2) is 0 Å².